The Morgan fingerprint density at radius 3 is 2.29 bits per heavy atom. The van der Waals surface area contributed by atoms with E-state index in [0.29, 0.717) is 5.75 Å². The van der Waals surface area contributed by atoms with Crippen LogP contribution in [0.5, 0.6) is 11.5 Å². The smallest absolute Gasteiger partial charge is 0.380 e. The molecule has 0 unspecified atom stereocenters. The van der Waals surface area contributed by atoms with Gasteiger partial charge >= 0.3 is 10.3 Å². The van der Waals surface area contributed by atoms with Gasteiger partial charge in [0.2, 0.25) is 0 Å². The lowest BCUT2D eigenvalue weighted by molar-refractivity contribution is 0.487. The molecule has 0 radical (unpaired) electrons. The molecule has 0 aliphatic rings. The average Bonchev–Trinajstić information content (AvgIpc) is 2.54. The predicted octanol–water partition coefficient (Wildman–Crippen LogP) is 1.93. The van der Waals surface area contributed by atoms with Crippen molar-refractivity contribution in [1.29, 1.82) is 0 Å². The Kier molecular flexibility index (Phi) is 6.29. The topological polar surface area (TPSA) is 115 Å². The standard InChI is InChI=1S/C14H16N4O4S2/c1-16-10-17-18-11-2-8-14(9-3-11)23-21-12-4-6-13(7-5-12)22-24(15,19)20/h2-10,18H,1H3,(H,16,17)(H2,15,19,20). The number of anilines is 1. The summed E-state index contributed by atoms with van der Waals surface area (Å²) in [6.45, 7) is 0. The van der Waals surface area contributed by atoms with Crippen molar-refractivity contribution in [3.63, 3.8) is 0 Å². The van der Waals surface area contributed by atoms with E-state index in [1.807, 2.05) is 24.3 Å². The second-order valence-electron chi connectivity index (χ2n) is 4.40. The Balaban J connectivity index is 1.86. The molecule has 0 saturated heterocycles. The first kappa shape index (κ1) is 17.9. The first-order valence-electron chi connectivity index (χ1n) is 6.65. The number of rotatable bonds is 8. The fraction of sp³-hybridized carbons (Fsp3) is 0.0714. The third kappa shape index (κ3) is 6.36. The molecule has 0 fully saturated rings. The van der Waals surface area contributed by atoms with Crippen molar-refractivity contribution in [2.24, 2.45) is 10.1 Å². The molecule has 2 aromatic carbocycles. The molecule has 24 heavy (non-hydrogen) atoms. The molecule has 128 valence electrons. The van der Waals surface area contributed by atoms with E-state index in [0.717, 1.165) is 10.6 Å². The van der Waals surface area contributed by atoms with Crippen LogP contribution in [0.3, 0.4) is 0 Å². The highest BCUT2D eigenvalue weighted by molar-refractivity contribution is 7.95. The van der Waals surface area contributed by atoms with Crippen molar-refractivity contribution in [3.05, 3.63) is 48.5 Å². The monoisotopic (exact) mass is 368 g/mol. The molecule has 10 heteroatoms. The molecule has 2 rings (SSSR count). The highest BCUT2D eigenvalue weighted by Gasteiger charge is 2.05. The lowest BCUT2D eigenvalue weighted by Crippen LogP contribution is -2.18. The van der Waals surface area contributed by atoms with Gasteiger partial charge in [-0.2, -0.15) is 13.6 Å². The van der Waals surface area contributed by atoms with Crippen LogP contribution in [-0.4, -0.2) is 21.8 Å². The van der Waals surface area contributed by atoms with Gasteiger partial charge in [0, 0.05) is 11.9 Å². The molecular weight excluding hydrogens is 352 g/mol. The van der Waals surface area contributed by atoms with Crippen molar-refractivity contribution in [2.75, 3.05) is 12.5 Å². The summed E-state index contributed by atoms with van der Waals surface area (Å²) in [4.78, 5) is 4.68. The quantitative estimate of drug-likeness (QED) is 0.282. The summed E-state index contributed by atoms with van der Waals surface area (Å²) in [7, 11) is -2.36. The molecule has 0 bridgehead atoms. The summed E-state index contributed by atoms with van der Waals surface area (Å²) in [6, 6.07) is 13.6. The van der Waals surface area contributed by atoms with E-state index in [1.54, 1.807) is 19.2 Å². The zero-order chi connectivity index (χ0) is 17.4. The van der Waals surface area contributed by atoms with E-state index in [4.69, 9.17) is 9.32 Å². The Labute approximate surface area is 144 Å². The Morgan fingerprint density at radius 2 is 1.71 bits per heavy atom. The largest absolute Gasteiger partial charge is 0.421 e. The first-order chi connectivity index (χ1) is 11.5. The van der Waals surface area contributed by atoms with Crippen LogP contribution in [-0.2, 0) is 10.3 Å². The van der Waals surface area contributed by atoms with Crippen LogP contribution in [0, 0.1) is 0 Å². The van der Waals surface area contributed by atoms with Crippen molar-refractivity contribution in [1.82, 2.24) is 5.43 Å². The molecule has 0 spiro atoms. The van der Waals surface area contributed by atoms with Gasteiger partial charge in [-0.05, 0) is 48.5 Å². The van der Waals surface area contributed by atoms with E-state index >= 15 is 0 Å². The molecule has 2 aromatic rings. The van der Waals surface area contributed by atoms with Gasteiger partial charge in [0.15, 0.2) is 0 Å². The molecule has 0 aliphatic heterocycles. The molecule has 0 heterocycles. The van der Waals surface area contributed by atoms with E-state index in [1.165, 1.54) is 30.5 Å². The predicted molar refractivity (Wildman–Crippen MR) is 94.3 cm³/mol. The molecule has 8 nitrogen and oxygen atoms in total. The number of benzene rings is 2. The first-order valence-corrected chi connectivity index (χ1v) is 8.86. The second-order valence-corrected chi connectivity index (χ2v) is 6.35. The van der Waals surface area contributed by atoms with Crippen molar-refractivity contribution >= 4 is 34.4 Å². The lowest BCUT2D eigenvalue weighted by Gasteiger charge is -2.07. The molecule has 4 N–H and O–H groups in total. The maximum absolute atomic E-state index is 10.8. The summed E-state index contributed by atoms with van der Waals surface area (Å²) < 4.78 is 31.7. The summed E-state index contributed by atoms with van der Waals surface area (Å²) in [5.74, 6) is 0.665. The molecule has 0 saturated carbocycles. The zero-order valence-corrected chi connectivity index (χ0v) is 14.3. The average molecular weight is 368 g/mol. The van der Waals surface area contributed by atoms with Crippen LogP contribution in [0.2, 0.25) is 0 Å². The Bertz CT molecular complexity index is 777. The minimum Gasteiger partial charge on any atom is -0.421 e. The Morgan fingerprint density at radius 1 is 1.08 bits per heavy atom. The summed E-state index contributed by atoms with van der Waals surface area (Å²) in [6.07, 6.45) is 1.54. The van der Waals surface area contributed by atoms with Crippen LogP contribution >= 0.6 is 12.0 Å². The highest BCUT2D eigenvalue weighted by Crippen LogP contribution is 2.26. The molecule has 0 aromatic heterocycles. The van der Waals surface area contributed by atoms with Crippen LogP contribution in [0.4, 0.5) is 5.69 Å². The lowest BCUT2D eigenvalue weighted by atomic mass is 10.3. The zero-order valence-electron chi connectivity index (χ0n) is 12.7. The third-order valence-corrected chi connectivity index (χ3v) is 3.70. The molecule has 0 atom stereocenters. The highest BCUT2D eigenvalue weighted by atomic mass is 32.2. The second kappa shape index (κ2) is 8.43. The fourth-order valence-corrected chi connectivity index (χ4v) is 2.49. The van der Waals surface area contributed by atoms with Gasteiger partial charge in [0.25, 0.3) is 0 Å². The van der Waals surface area contributed by atoms with Crippen molar-refractivity contribution < 1.29 is 16.8 Å². The number of hydrogen-bond donors (Lipinski definition) is 3. The van der Waals surface area contributed by atoms with Gasteiger partial charge in [-0.3, -0.25) is 10.4 Å². The van der Waals surface area contributed by atoms with Gasteiger partial charge in [-0.1, -0.05) is 0 Å². The maximum atomic E-state index is 10.8. The van der Waals surface area contributed by atoms with Crippen LogP contribution in [0.15, 0.2) is 58.4 Å². The number of aliphatic imine (C=N–C) groups is 1. The van der Waals surface area contributed by atoms with Gasteiger partial charge < -0.3 is 13.8 Å². The van der Waals surface area contributed by atoms with Gasteiger partial charge in [-0.15, -0.1) is 0 Å². The van der Waals surface area contributed by atoms with Crippen LogP contribution in [0.1, 0.15) is 0 Å². The summed E-state index contributed by atoms with van der Waals surface area (Å²) >= 11 is 1.17. The maximum Gasteiger partial charge on any atom is 0.380 e. The number of nitrogens with zero attached hydrogens (tertiary/aromatic N) is 1. The van der Waals surface area contributed by atoms with Crippen molar-refractivity contribution in [2.45, 2.75) is 4.90 Å². The number of hydrazine groups is 1. The molecular formula is C14H16N4O4S2. The van der Waals surface area contributed by atoms with Gasteiger partial charge in [-0.25, -0.2) is 0 Å². The summed E-state index contributed by atoms with van der Waals surface area (Å²) in [5.41, 5.74) is 6.63. The van der Waals surface area contributed by atoms with E-state index in [-0.39, 0.29) is 5.75 Å². The van der Waals surface area contributed by atoms with Crippen molar-refractivity contribution in [3.8, 4) is 11.5 Å². The van der Waals surface area contributed by atoms with Gasteiger partial charge in [0.05, 0.1) is 17.7 Å². The summed E-state index contributed by atoms with van der Waals surface area (Å²) in [5, 5.41) is 4.79. The Hall–Kier alpha value is -2.43. The number of nitrogens with one attached hydrogen (secondary N) is 2. The fourth-order valence-electron chi connectivity index (χ4n) is 1.56. The minimum atomic E-state index is -4.02. The van der Waals surface area contributed by atoms with E-state index in [2.05, 4.69) is 20.0 Å². The SMILES string of the molecule is CN=CNNc1ccc(SOc2ccc(OS(N)(=O)=O)cc2)cc1. The van der Waals surface area contributed by atoms with Crippen LogP contribution < -0.4 is 24.4 Å². The van der Waals surface area contributed by atoms with E-state index < -0.39 is 10.3 Å². The van der Waals surface area contributed by atoms with E-state index in [9.17, 15) is 8.42 Å². The van der Waals surface area contributed by atoms with Crippen LogP contribution in [0.25, 0.3) is 0 Å². The number of hydrogen-bond acceptors (Lipinski definition) is 7. The van der Waals surface area contributed by atoms with Gasteiger partial charge in [0.1, 0.15) is 17.8 Å². The third-order valence-electron chi connectivity index (χ3n) is 2.53. The molecule has 0 amide bonds. The normalized spacial score (nSPS) is 11.2. The minimum absolute atomic E-state index is 0.119. The number of nitrogens with two attached hydrogens (primary N) is 1. The molecule has 0 aliphatic carbocycles.